The van der Waals surface area contributed by atoms with Crippen LogP contribution >= 0.6 is 11.6 Å². The predicted octanol–water partition coefficient (Wildman–Crippen LogP) is 3.79. The molecule has 21 heavy (non-hydrogen) atoms. The first-order valence-electron chi connectivity index (χ1n) is 5.22. The molecule has 1 amide bonds. The van der Waals surface area contributed by atoms with Crippen LogP contribution in [0, 0.1) is 0 Å². The molecule has 0 aliphatic heterocycles. The number of carbonyl (C=O) groups excluding carboxylic acids is 1. The predicted molar refractivity (Wildman–Crippen MR) is 62.1 cm³/mol. The lowest BCUT2D eigenvalue weighted by molar-refractivity contribution is -0.376. The van der Waals surface area contributed by atoms with Crippen LogP contribution in [0.3, 0.4) is 0 Å². The molecule has 0 aromatic heterocycles. The third-order valence-electron chi connectivity index (χ3n) is 2.76. The second kappa shape index (κ2) is 5.38. The molecule has 0 fully saturated rings. The lowest BCUT2D eigenvalue weighted by atomic mass is 9.92. The average molecular weight is 336 g/mol. The number of aliphatic hydroxyl groups is 1. The Morgan fingerprint density at radius 2 is 1.43 bits per heavy atom. The van der Waals surface area contributed by atoms with Gasteiger partial charge in [-0.15, -0.1) is 0 Å². The molecule has 1 rings (SSSR count). The summed E-state index contributed by atoms with van der Waals surface area (Å²) in [6, 6.07) is 2.45. The van der Waals surface area contributed by atoms with Gasteiger partial charge in [0, 0.05) is 18.3 Å². The van der Waals surface area contributed by atoms with Crippen LogP contribution in [0.1, 0.15) is 5.56 Å². The monoisotopic (exact) mass is 335 g/mol. The molecule has 1 N–H and O–H groups in total. The smallest absolute Gasteiger partial charge is 0.369 e. The van der Waals surface area contributed by atoms with E-state index in [0.717, 1.165) is 17.0 Å². The van der Waals surface area contributed by atoms with E-state index in [9.17, 15) is 31.1 Å². The summed E-state index contributed by atoms with van der Waals surface area (Å²) in [6.07, 6.45) is -11.9. The van der Waals surface area contributed by atoms with Crippen LogP contribution in [0.4, 0.5) is 36.8 Å². The van der Waals surface area contributed by atoms with Gasteiger partial charge in [-0.25, -0.2) is 0 Å². The number of carbonyl (C=O) groups is 1. The minimum Gasteiger partial charge on any atom is -0.369 e. The van der Waals surface area contributed by atoms with E-state index in [1.54, 1.807) is 0 Å². The van der Waals surface area contributed by atoms with Gasteiger partial charge in [0.15, 0.2) is 0 Å². The summed E-state index contributed by atoms with van der Waals surface area (Å²) >= 11 is 5.12. The minimum atomic E-state index is -5.96. The molecule has 0 spiro atoms. The third kappa shape index (κ3) is 3.08. The van der Waals surface area contributed by atoms with E-state index in [1.165, 1.54) is 7.05 Å². The Balaban J connectivity index is 3.34. The van der Waals surface area contributed by atoms with Crippen molar-refractivity contribution in [2.45, 2.75) is 18.0 Å². The highest BCUT2D eigenvalue weighted by atomic mass is 35.5. The number of hydrogen-bond acceptors (Lipinski definition) is 2. The van der Waals surface area contributed by atoms with Gasteiger partial charge >= 0.3 is 17.7 Å². The Labute approximate surface area is 119 Å². The van der Waals surface area contributed by atoms with Crippen molar-refractivity contribution in [3.63, 3.8) is 0 Å². The van der Waals surface area contributed by atoms with E-state index in [0.29, 0.717) is 12.1 Å². The van der Waals surface area contributed by atoms with Gasteiger partial charge in [-0.05, 0) is 23.7 Å². The molecule has 0 aliphatic carbocycles. The van der Waals surface area contributed by atoms with Crippen LogP contribution in [0.25, 0.3) is 0 Å². The Morgan fingerprint density at radius 3 is 1.71 bits per heavy atom. The molecule has 0 bridgehead atoms. The molecule has 0 heterocycles. The maximum Gasteiger partial charge on any atom is 0.430 e. The molecule has 0 unspecified atom stereocenters. The summed E-state index contributed by atoms with van der Waals surface area (Å²) in [6.45, 7) is 0. The van der Waals surface area contributed by atoms with Gasteiger partial charge in [-0.2, -0.15) is 26.3 Å². The van der Waals surface area contributed by atoms with Gasteiger partial charge in [0.25, 0.3) is 5.60 Å². The molecule has 0 saturated heterocycles. The molecule has 0 atom stereocenters. The van der Waals surface area contributed by atoms with Crippen molar-refractivity contribution < 1.29 is 36.2 Å². The zero-order valence-electron chi connectivity index (χ0n) is 10.3. The molecule has 0 saturated carbocycles. The topological polar surface area (TPSA) is 40.5 Å². The van der Waals surface area contributed by atoms with Gasteiger partial charge < -0.3 is 10.0 Å². The normalized spacial score (nSPS) is 13.2. The number of halogens is 7. The zero-order chi connectivity index (χ0) is 16.6. The zero-order valence-corrected chi connectivity index (χ0v) is 11.0. The number of hydrogen-bond donors (Lipinski definition) is 1. The molecule has 0 radical (unpaired) electrons. The molecule has 0 aliphatic rings. The number of benzene rings is 1. The SMILES string of the molecule is CN(C(=O)Cl)c1ccc(C(O)(C(F)(F)F)C(F)(F)F)cc1. The average Bonchev–Trinajstić information content (AvgIpc) is 2.34. The highest BCUT2D eigenvalue weighted by molar-refractivity contribution is 6.66. The van der Waals surface area contributed by atoms with Crippen molar-refractivity contribution in [1.82, 2.24) is 0 Å². The molecule has 10 heteroatoms. The van der Waals surface area contributed by atoms with Crippen molar-refractivity contribution in [3.8, 4) is 0 Å². The van der Waals surface area contributed by atoms with Crippen LogP contribution in [-0.2, 0) is 5.60 Å². The second-order valence-corrected chi connectivity index (χ2v) is 4.39. The fraction of sp³-hybridized carbons (Fsp3) is 0.364. The fourth-order valence-corrected chi connectivity index (χ4v) is 1.61. The molecule has 118 valence electrons. The van der Waals surface area contributed by atoms with Crippen LogP contribution in [0.5, 0.6) is 0 Å². The van der Waals surface area contributed by atoms with Gasteiger partial charge in [0.1, 0.15) is 0 Å². The van der Waals surface area contributed by atoms with E-state index in [2.05, 4.69) is 0 Å². The van der Waals surface area contributed by atoms with Crippen molar-refractivity contribution >= 4 is 22.7 Å². The first-order valence-corrected chi connectivity index (χ1v) is 5.59. The standard InChI is InChI=1S/C11H8ClF6NO2/c1-19(8(12)20)7-4-2-6(3-5-7)9(21,10(13,14)15)11(16,17)18/h2-5,21H,1H3. The maximum atomic E-state index is 12.6. The first kappa shape index (κ1) is 17.6. The van der Waals surface area contributed by atoms with Crippen LogP contribution in [-0.4, -0.2) is 29.9 Å². The van der Waals surface area contributed by atoms with E-state index in [4.69, 9.17) is 16.7 Å². The number of rotatable bonds is 2. The Bertz CT molecular complexity index is 511. The quantitative estimate of drug-likeness (QED) is 0.507. The number of nitrogens with zero attached hydrogens (tertiary/aromatic N) is 1. The van der Waals surface area contributed by atoms with E-state index < -0.39 is 28.9 Å². The van der Waals surface area contributed by atoms with Crippen LogP contribution < -0.4 is 4.90 Å². The lowest BCUT2D eigenvalue weighted by Gasteiger charge is -2.32. The highest BCUT2D eigenvalue weighted by Gasteiger charge is 2.71. The molecule has 1 aromatic rings. The summed E-state index contributed by atoms with van der Waals surface area (Å²) < 4.78 is 75.7. The molecular weight excluding hydrogens is 328 g/mol. The van der Waals surface area contributed by atoms with Crippen LogP contribution in [0.2, 0.25) is 0 Å². The van der Waals surface area contributed by atoms with Crippen molar-refractivity contribution in [2.75, 3.05) is 11.9 Å². The van der Waals surface area contributed by atoms with E-state index in [-0.39, 0.29) is 5.69 Å². The highest BCUT2D eigenvalue weighted by Crippen LogP contribution is 2.50. The fourth-order valence-electron chi connectivity index (χ4n) is 1.52. The summed E-state index contributed by atoms with van der Waals surface area (Å²) in [4.78, 5) is 11.6. The van der Waals surface area contributed by atoms with Gasteiger partial charge in [0.2, 0.25) is 0 Å². The van der Waals surface area contributed by atoms with Gasteiger partial charge in [-0.1, -0.05) is 12.1 Å². The third-order valence-corrected chi connectivity index (χ3v) is 3.01. The summed E-state index contributed by atoms with van der Waals surface area (Å²) in [7, 11) is 1.17. The van der Waals surface area contributed by atoms with E-state index >= 15 is 0 Å². The Morgan fingerprint density at radius 1 is 1.05 bits per heavy atom. The number of alkyl halides is 6. The minimum absolute atomic E-state index is 0.0366. The number of anilines is 1. The maximum absolute atomic E-state index is 12.6. The summed E-state index contributed by atoms with van der Waals surface area (Å²) in [5.41, 5.74) is -6.45. The second-order valence-electron chi connectivity index (χ2n) is 4.06. The van der Waals surface area contributed by atoms with E-state index in [1.807, 2.05) is 0 Å². The molecular formula is C11H8ClF6NO2. The first-order chi connectivity index (χ1) is 9.32. The summed E-state index contributed by atoms with van der Waals surface area (Å²) in [5.74, 6) is 0. The van der Waals surface area contributed by atoms with Crippen molar-refractivity contribution in [2.24, 2.45) is 0 Å². The molecule has 1 aromatic carbocycles. The lowest BCUT2D eigenvalue weighted by Crippen LogP contribution is -2.53. The Hall–Kier alpha value is -1.48. The van der Waals surface area contributed by atoms with Crippen molar-refractivity contribution in [3.05, 3.63) is 29.8 Å². The van der Waals surface area contributed by atoms with Crippen LogP contribution in [0.15, 0.2) is 24.3 Å². The number of amides is 1. The largest absolute Gasteiger partial charge is 0.430 e. The summed E-state index contributed by atoms with van der Waals surface area (Å²) in [5, 5.41) is 8.16. The van der Waals surface area contributed by atoms with Gasteiger partial charge in [-0.3, -0.25) is 4.79 Å². The molecule has 3 nitrogen and oxygen atoms in total. The van der Waals surface area contributed by atoms with Crippen molar-refractivity contribution in [1.29, 1.82) is 0 Å². The Kier molecular flexibility index (Phi) is 4.50. The van der Waals surface area contributed by atoms with Gasteiger partial charge in [0.05, 0.1) is 0 Å².